The largest absolute Gasteiger partial charge is 0.383 e. The van der Waals surface area contributed by atoms with E-state index in [9.17, 15) is 0 Å². The van der Waals surface area contributed by atoms with Crippen LogP contribution in [0.3, 0.4) is 0 Å². The van der Waals surface area contributed by atoms with E-state index in [0.29, 0.717) is 0 Å². The van der Waals surface area contributed by atoms with Gasteiger partial charge in [-0.2, -0.15) is 5.10 Å². The van der Waals surface area contributed by atoms with Crippen molar-refractivity contribution in [2.45, 2.75) is 30.7 Å². The fraction of sp³-hybridized carbons (Fsp3) is 0.438. The zero-order chi connectivity index (χ0) is 14.9. The quantitative estimate of drug-likeness (QED) is 0.571. The molecule has 0 saturated heterocycles. The van der Waals surface area contributed by atoms with Crippen molar-refractivity contribution in [3.8, 4) is 0 Å². The minimum absolute atomic E-state index is 0.749. The lowest BCUT2D eigenvalue weighted by Gasteiger charge is -2.05. The van der Waals surface area contributed by atoms with Crippen LogP contribution < -0.4 is 5.32 Å². The van der Waals surface area contributed by atoms with Crippen molar-refractivity contribution in [1.82, 2.24) is 15.1 Å². The van der Waals surface area contributed by atoms with Crippen molar-refractivity contribution in [1.29, 1.82) is 0 Å². The molecule has 0 bridgehead atoms. The highest BCUT2D eigenvalue weighted by Crippen LogP contribution is 2.22. The number of methoxy groups -OCH3 is 1. The van der Waals surface area contributed by atoms with E-state index >= 15 is 0 Å². The summed E-state index contributed by atoms with van der Waals surface area (Å²) in [6.45, 7) is 5.55. The summed E-state index contributed by atoms with van der Waals surface area (Å²) >= 11 is 1.84. The van der Waals surface area contributed by atoms with Crippen LogP contribution in [0.25, 0.3) is 0 Å². The highest BCUT2D eigenvalue weighted by atomic mass is 32.2. The summed E-state index contributed by atoms with van der Waals surface area (Å²) in [5.74, 6) is 0.964. The van der Waals surface area contributed by atoms with Crippen LogP contribution in [0.1, 0.15) is 18.1 Å². The molecule has 5 heteroatoms. The molecule has 0 aliphatic rings. The van der Waals surface area contributed by atoms with Crippen LogP contribution in [0, 0.1) is 0 Å². The van der Waals surface area contributed by atoms with E-state index < -0.39 is 0 Å². The van der Waals surface area contributed by atoms with E-state index in [1.54, 1.807) is 7.11 Å². The van der Waals surface area contributed by atoms with Crippen LogP contribution >= 0.6 is 11.8 Å². The van der Waals surface area contributed by atoms with Gasteiger partial charge in [-0.3, -0.25) is 4.68 Å². The maximum Gasteiger partial charge on any atom is 0.0587 e. The minimum Gasteiger partial charge on any atom is -0.383 e. The molecule has 0 saturated carbocycles. The van der Waals surface area contributed by atoms with Crippen molar-refractivity contribution >= 4 is 11.8 Å². The summed E-state index contributed by atoms with van der Waals surface area (Å²) in [7, 11) is 1.72. The Balaban J connectivity index is 1.76. The van der Waals surface area contributed by atoms with Gasteiger partial charge < -0.3 is 10.1 Å². The predicted molar refractivity (Wildman–Crippen MR) is 87.5 cm³/mol. The fourth-order valence-corrected chi connectivity index (χ4v) is 2.74. The van der Waals surface area contributed by atoms with Crippen LogP contribution in [0.2, 0.25) is 0 Å². The molecule has 114 valence electrons. The van der Waals surface area contributed by atoms with Crippen LogP contribution in [0.15, 0.2) is 41.6 Å². The zero-order valence-electron chi connectivity index (χ0n) is 12.7. The van der Waals surface area contributed by atoms with Gasteiger partial charge in [0, 0.05) is 49.2 Å². The molecule has 0 aliphatic heterocycles. The number of rotatable bonds is 9. The van der Waals surface area contributed by atoms with Crippen molar-refractivity contribution in [3.05, 3.63) is 47.8 Å². The Morgan fingerprint density at radius 2 is 2.05 bits per heavy atom. The Kier molecular flexibility index (Phi) is 6.79. The Labute approximate surface area is 130 Å². The first kappa shape index (κ1) is 16.1. The predicted octanol–water partition coefficient (Wildman–Crippen LogP) is 2.93. The number of hydrogen-bond acceptors (Lipinski definition) is 4. The van der Waals surface area contributed by atoms with E-state index in [1.807, 2.05) is 22.6 Å². The molecule has 2 aromatic rings. The molecular formula is C16H23N3OS. The van der Waals surface area contributed by atoms with Crippen molar-refractivity contribution in [2.24, 2.45) is 0 Å². The van der Waals surface area contributed by atoms with Gasteiger partial charge in [0.05, 0.1) is 12.8 Å². The molecule has 2 rings (SSSR count). The summed E-state index contributed by atoms with van der Waals surface area (Å²) in [5.41, 5.74) is 2.57. The molecule has 0 amide bonds. The van der Waals surface area contributed by atoms with E-state index in [0.717, 1.165) is 32.0 Å². The van der Waals surface area contributed by atoms with Crippen LogP contribution in [0.4, 0.5) is 0 Å². The maximum absolute atomic E-state index is 5.01. The van der Waals surface area contributed by atoms with E-state index in [-0.39, 0.29) is 0 Å². The maximum atomic E-state index is 5.01. The number of ether oxygens (including phenoxy) is 1. The molecular weight excluding hydrogens is 282 g/mol. The monoisotopic (exact) mass is 305 g/mol. The number of nitrogens with one attached hydrogen (secondary N) is 1. The smallest absolute Gasteiger partial charge is 0.0587 e. The fourth-order valence-electron chi connectivity index (χ4n) is 1.93. The molecule has 0 fully saturated rings. The van der Waals surface area contributed by atoms with Crippen LogP contribution in [0.5, 0.6) is 0 Å². The molecule has 4 nitrogen and oxygen atoms in total. The minimum atomic E-state index is 0.749. The molecule has 0 radical (unpaired) electrons. The van der Waals surface area contributed by atoms with Gasteiger partial charge in [-0.15, -0.1) is 11.8 Å². The Morgan fingerprint density at radius 3 is 2.71 bits per heavy atom. The Bertz CT molecular complexity index is 525. The van der Waals surface area contributed by atoms with E-state index in [4.69, 9.17) is 4.74 Å². The van der Waals surface area contributed by atoms with Crippen LogP contribution in [-0.4, -0.2) is 30.0 Å². The van der Waals surface area contributed by atoms with Crippen LogP contribution in [-0.2, 0) is 23.6 Å². The molecule has 1 N–H and O–H groups in total. The first-order valence-corrected chi connectivity index (χ1v) is 8.23. The molecule has 0 atom stereocenters. The van der Waals surface area contributed by atoms with Gasteiger partial charge in [-0.1, -0.05) is 12.1 Å². The summed E-state index contributed by atoms with van der Waals surface area (Å²) in [5, 5.41) is 7.64. The summed E-state index contributed by atoms with van der Waals surface area (Å²) in [4.78, 5) is 1.29. The van der Waals surface area contributed by atoms with Gasteiger partial charge >= 0.3 is 0 Å². The van der Waals surface area contributed by atoms with Crippen molar-refractivity contribution in [3.63, 3.8) is 0 Å². The van der Waals surface area contributed by atoms with Gasteiger partial charge in [-0.25, -0.2) is 0 Å². The van der Waals surface area contributed by atoms with Gasteiger partial charge in [0.25, 0.3) is 0 Å². The third-order valence-electron chi connectivity index (χ3n) is 3.15. The molecule has 0 unspecified atom stereocenters. The summed E-state index contributed by atoms with van der Waals surface area (Å²) in [6.07, 6.45) is 4.06. The first-order valence-electron chi connectivity index (χ1n) is 7.24. The highest BCUT2D eigenvalue weighted by Gasteiger charge is 2.00. The van der Waals surface area contributed by atoms with Gasteiger partial charge in [0.15, 0.2) is 0 Å². The zero-order valence-corrected chi connectivity index (χ0v) is 13.5. The van der Waals surface area contributed by atoms with Crippen molar-refractivity contribution < 1.29 is 4.74 Å². The number of hydrogen-bond donors (Lipinski definition) is 1. The third-order valence-corrected chi connectivity index (χ3v) is 4.23. The average molecular weight is 305 g/mol. The molecule has 1 aromatic heterocycles. The normalized spacial score (nSPS) is 11.0. The summed E-state index contributed by atoms with van der Waals surface area (Å²) in [6, 6.07) is 8.72. The lowest BCUT2D eigenvalue weighted by atomic mass is 10.2. The lowest BCUT2D eigenvalue weighted by Crippen LogP contribution is -2.18. The average Bonchev–Trinajstić information content (AvgIpc) is 2.99. The van der Waals surface area contributed by atoms with E-state index in [2.05, 4.69) is 47.8 Å². The molecule has 1 heterocycles. The summed E-state index contributed by atoms with van der Waals surface area (Å²) < 4.78 is 6.97. The lowest BCUT2D eigenvalue weighted by molar-refractivity contribution is 0.199. The molecule has 0 spiro atoms. The number of thioether (sulfide) groups is 1. The third kappa shape index (κ3) is 5.53. The SMILES string of the molecule is CCn1cc(CSc2ccc(CNCCOC)cc2)cn1. The highest BCUT2D eigenvalue weighted by molar-refractivity contribution is 7.98. The topological polar surface area (TPSA) is 39.1 Å². The standard InChI is InChI=1S/C16H23N3OS/c1-3-19-12-15(11-18-19)13-21-16-6-4-14(5-7-16)10-17-8-9-20-2/h4-7,11-12,17H,3,8-10,13H2,1-2H3. The molecule has 21 heavy (non-hydrogen) atoms. The number of benzene rings is 1. The second kappa shape index (κ2) is 8.87. The second-order valence-electron chi connectivity index (χ2n) is 4.81. The Morgan fingerprint density at radius 1 is 1.24 bits per heavy atom. The second-order valence-corrected chi connectivity index (χ2v) is 5.86. The number of aryl methyl sites for hydroxylation is 1. The van der Waals surface area contributed by atoms with Gasteiger partial charge in [0.2, 0.25) is 0 Å². The molecule has 1 aromatic carbocycles. The molecule has 0 aliphatic carbocycles. The van der Waals surface area contributed by atoms with Crippen molar-refractivity contribution in [2.75, 3.05) is 20.3 Å². The van der Waals surface area contributed by atoms with E-state index in [1.165, 1.54) is 16.0 Å². The Hall–Kier alpha value is -1.30. The first-order chi connectivity index (χ1) is 10.3. The number of nitrogens with zero attached hydrogens (tertiary/aromatic N) is 2. The number of aromatic nitrogens is 2. The van der Waals surface area contributed by atoms with Gasteiger partial charge in [-0.05, 0) is 24.6 Å². The van der Waals surface area contributed by atoms with Gasteiger partial charge in [0.1, 0.15) is 0 Å².